The molecule has 0 unspecified atom stereocenters. The summed E-state index contributed by atoms with van der Waals surface area (Å²) in [4.78, 5) is 0. The third-order valence-electron chi connectivity index (χ3n) is 4.27. The fraction of sp³-hybridized carbons (Fsp3) is 0.769. The molecule has 0 bridgehead atoms. The molecule has 9 heteroatoms. The lowest BCUT2D eigenvalue weighted by Crippen LogP contribution is -2.46. The average molecular weight is 349 g/mol. The topological polar surface area (TPSA) is 98.1 Å². The van der Waals surface area contributed by atoms with E-state index in [1.807, 2.05) is 13.8 Å². The number of nitrogens with zero attached hydrogens (tertiary/aromatic N) is 2. The number of sulfonamides is 1. The Morgan fingerprint density at radius 1 is 1.27 bits per heavy atom. The van der Waals surface area contributed by atoms with Gasteiger partial charge in [0.25, 0.3) is 10.0 Å². The van der Waals surface area contributed by atoms with Crippen LogP contribution in [0.5, 0.6) is 0 Å². The summed E-state index contributed by atoms with van der Waals surface area (Å²) in [6.07, 6.45) is 5.37. The van der Waals surface area contributed by atoms with Crippen molar-refractivity contribution in [2.45, 2.75) is 55.3 Å². The quantitative estimate of drug-likeness (QED) is 0.829. The summed E-state index contributed by atoms with van der Waals surface area (Å²) in [6, 6.07) is 1.48. The zero-order valence-electron chi connectivity index (χ0n) is 13.1. The van der Waals surface area contributed by atoms with Gasteiger partial charge in [-0.2, -0.15) is 5.10 Å². The molecule has 0 spiro atoms. The predicted molar refractivity (Wildman–Crippen MR) is 83.8 cm³/mol. The molecule has 1 aromatic heterocycles. The molecule has 7 nitrogen and oxygen atoms in total. The normalized spacial score (nSPS) is 18.9. The Morgan fingerprint density at radius 3 is 2.32 bits per heavy atom. The van der Waals surface area contributed by atoms with Gasteiger partial charge in [-0.15, -0.1) is 0 Å². The minimum absolute atomic E-state index is 0.0566. The van der Waals surface area contributed by atoms with Crippen LogP contribution in [-0.2, 0) is 19.9 Å². The molecular formula is C13H23N3O4S2. The first-order chi connectivity index (χ1) is 10.1. The molecule has 1 aliphatic rings. The van der Waals surface area contributed by atoms with E-state index in [2.05, 4.69) is 9.82 Å². The summed E-state index contributed by atoms with van der Waals surface area (Å²) in [5.41, 5.74) is 0. The van der Waals surface area contributed by atoms with E-state index in [0.29, 0.717) is 12.8 Å². The van der Waals surface area contributed by atoms with E-state index in [4.69, 9.17) is 0 Å². The Balaban J connectivity index is 2.18. The van der Waals surface area contributed by atoms with Gasteiger partial charge in [-0.05, 0) is 32.8 Å². The summed E-state index contributed by atoms with van der Waals surface area (Å²) >= 11 is 0. The van der Waals surface area contributed by atoms with Gasteiger partial charge in [-0.3, -0.25) is 4.68 Å². The van der Waals surface area contributed by atoms with Crippen molar-refractivity contribution in [1.82, 2.24) is 14.5 Å². The van der Waals surface area contributed by atoms with Gasteiger partial charge in [0.2, 0.25) is 0 Å². The Labute approximate surface area is 132 Å². The van der Waals surface area contributed by atoms with Crippen molar-refractivity contribution in [3.63, 3.8) is 0 Å². The molecule has 0 amide bonds. The fourth-order valence-corrected chi connectivity index (χ4v) is 5.26. The van der Waals surface area contributed by atoms with Crippen molar-refractivity contribution >= 4 is 19.9 Å². The Bertz CT molecular complexity index is 729. The smallest absolute Gasteiger partial charge is 0.259 e. The van der Waals surface area contributed by atoms with Gasteiger partial charge >= 0.3 is 0 Å². The van der Waals surface area contributed by atoms with Crippen LogP contribution in [0.1, 0.15) is 45.6 Å². The zero-order chi connectivity index (χ0) is 16.6. The second kappa shape index (κ2) is 5.93. The molecule has 1 saturated carbocycles. The van der Waals surface area contributed by atoms with E-state index in [1.165, 1.54) is 12.3 Å². The van der Waals surface area contributed by atoms with Crippen molar-refractivity contribution in [3.05, 3.63) is 12.3 Å². The van der Waals surface area contributed by atoms with Crippen LogP contribution in [0.2, 0.25) is 0 Å². The van der Waals surface area contributed by atoms with E-state index in [1.54, 1.807) is 10.9 Å². The monoisotopic (exact) mass is 349 g/mol. The molecule has 0 radical (unpaired) electrons. The van der Waals surface area contributed by atoms with Gasteiger partial charge in [0.1, 0.15) is 0 Å². The molecule has 1 N–H and O–H groups in total. The Morgan fingerprint density at radius 2 is 1.86 bits per heavy atom. The molecular weight excluding hydrogens is 326 g/mol. The second-order valence-electron chi connectivity index (χ2n) is 6.21. The highest BCUT2D eigenvalue weighted by molar-refractivity contribution is 7.92. The number of hydrogen-bond acceptors (Lipinski definition) is 5. The molecule has 1 aliphatic carbocycles. The van der Waals surface area contributed by atoms with Gasteiger partial charge in [0.15, 0.2) is 14.9 Å². The second-order valence-corrected chi connectivity index (χ2v) is 10.3. The third-order valence-corrected chi connectivity index (χ3v) is 7.69. The molecule has 0 aromatic carbocycles. The predicted octanol–water partition coefficient (Wildman–Crippen LogP) is 1.10. The number of hydrogen-bond donors (Lipinski definition) is 1. The number of sulfone groups is 1. The van der Waals surface area contributed by atoms with E-state index in [9.17, 15) is 16.8 Å². The fourth-order valence-electron chi connectivity index (χ4n) is 2.75. The van der Waals surface area contributed by atoms with Gasteiger partial charge < -0.3 is 0 Å². The van der Waals surface area contributed by atoms with Crippen molar-refractivity contribution in [3.8, 4) is 0 Å². The first kappa shape index (κ1) is 17.4. The van der Waals surface area contributed by atoms with Crippen LogP contribution < -0.4 is 4.72 Å². The SMILES string of the molecule is CC(C)n1ccc(S(=O)(=O)NCC2(S(C)(=O)=O)CCCC2)n1. The summed E-state index contributed by atoms with van der Waals surface area (Å²) in [6.45, 7) is 3.70. The van der Waals surface area contributed by atoms with Gasteiger partial charge in [0.05, 0.1) is 4.75 Å². The van der Waals surface area contributed by atoms with Crippen LogP contribution in [0.4, 0.5) is 0 Å². The summed E-state index contributed by atoms with van der Waals surface area (Å²) < 4.78 is 51.7. The molecule has 2 rings (SSSR count). The van der Waals surface area contributed by atoms with Crippen molar-refractivity contribution < 1.29 is 16.8 Å². The van der Waals surface area contributed by atoms with E-state index in [0.717, 1.165) is 12.8 Å². The number of nitrogens with one attached hydrogen (secondary N) is 1. The summed E-state index contributed by atoms with van der Waals surface area (Å²) in [5.74, 6) is 0. The van der Waals surface area contributed by atoms with Crippen LogP contribution in [-0.4, -0.2) is 44.2 Å². The molecule has 0 aliphatic heterocycles. The maximum absolute atomic E-state index is 12.3. The Hall–Kier alpha value is -0.930. The zero-order valence-corrected chi connectivity index (χ0v) is 14.7. The first-order valence-corrected chi connectivity index (χ1v) is 10.7. The lowest BCUT2D eigenvalue weighted by atomic mass is 10.1. The summed E-state index contributed by atoms with van der Waals surface area (Å²) in [5, 5.41) is 3.95. The van der Waals surface area contributed by atoms with E-state index < -0.39 is 24.6 Å². The lowest BCUT2D eigenvalue weighted by Gasteiger charge is -2.26. The molecule has 1 aromatic rings. The maximum Gasteiger partial charge on any atom is 0.259 e. The molecule has 0 saturated heterocycles. The van der Waals surface area contributed by atoms with Gasteiger partial charge in [-0.25, -0.2) is 21.6 Å². The number of rotatable bonds is 6. The highest BCUT2D eigenvalue weighted by Crippen LogP contribution is 2.36. The minimum Gasteiger partial charge on any atom is -0.269 e. The highest BCUT2D eigenvalue weighted by Gasteiger charge is 2.44. The third kappa shape index (κ3) is 3.36. The van der Waals surface area contributed by atoms with E-state index in [-0.39, 0.29) is 17.6 Å². The van der Waals surface area contributed by atoms with Crippen LogP contribution >= 0.6 is 0 Å². The number of aromatic nitrogens is 2. The molecule has 22 heavy (non-hydrogen) atoms. The van der Waals surface area contributed by atoms with Crippen molar-refractivity contribution in [2.75, 3.05) is 12.8 Å². The molecule has 1 heterocycles. The molecule has 0 atom stereocenters. The van der Waals surface area contributed by atoms with Crippen LogP contribution in [0, 0.1) is 0 Å². The Kier molecular flexibility index (Phi) is 4.70. The lowest BCUT2D eigenvalue weighted by molar-refractivity contribution is 0.497. The highest BCUT2D eigenvalue weighted by atomic mass is 32.2. The molecule has 1 fully saturated rings. The average Bonchev–Trinajstić information content (AvgIpc) is 3.06. The standard InChI is InChI=1S/C13H23N3O4S2/c1-11(2)16-9-6-12(15-16)22(19,20)14-10-13(21(3,17)18)7-4-5-8-13/h6,9,11,14H,4-5,7-8,10H2,1-3H3. The van der Waals surface area contributed by atoms with E-state index >= 15 is 0 Å². The minimum atomic E-state index is -3.81. The van der Waals surface area contributed by atoms with Crippen molar-refractivity contribution in [2.24, 2.45) is 0 Å². The van der Waals surface area contributed by atoms with Crippen molar-refractivity contribution in [1.29, 1.82) is 0 Å². The molecule has 126 valence electrons. The first-order valence-electron chi connectivity index (χ1n) is 7.32. The maximum atomic E-state index is 12.3. The van der Waals surface area contributed by atoms with Gasteiger partial charge in [0, 0.05) is 25.0 Å². The van der Waals surface area contributed by atoms with Crippen LogP contribution in [0.25, 0.3) is 0 Å². The van der Waals surface area contributed by atoms with Crippen LogP contribution in [0.3, 0.4) is 0 Å². The van der Waals surface area contributed by atoms with Crippen LogP contribution in [0.15, 0.2) is 17.3 Å². The summed E-state index contributed by atoms with van der Waals surface area (Å²) in [7, 11) is -7.13. The largest absolute Gasteiger partial charge is 0.269 e. The van der Waals surface area contributed by atoms with Gasteiger partial charge in [-0.1, -0.05) is 12.8 Å².